The van der Waals surface area contributed by atoms with Crippen molar-refractivity contribution in [1.29, 1.82) is 0 Å². The molecule has 10 heteroatoms. The van der Waals surface area contributed by atoms with E-state index in [0.717, 1.165) is 12.1 Å². The zero-order valence-electron chi connectivity index (χ0n) is 22.1. The maximum Gasteiger partial charge on any atom is 0.306 e. The zero-order valence-corrected chi connectivity index (χ0v) is 22.1. The van der Waals surface area contributed by atoms with E-state index in [0.29, 0.717) is 24.3 Å². The molecule has 0 aliphatic carbocycles. The van der Waals surface area contributed by atoms with E-state index in [2.05, 4.69) is 10.3 Å². The van der Waals surface area contributed by atoms with Crippen LogP contribution in [0, 0.1) is 11.6 Å². The molecular weight excluding hydrogens is 498 g/mol. The number of aliphatic hydroxyl groups is 1. The van der Waals surface area contributed by atoms with Crippen molar-refractivity contribution < 1.29 is 37.7 Å². The van der Waals surface area contributed by atoms with Crippen LogP contribution in [0.15, 0.2) is 47.5 Å². The summed E-state index contributed by atoms with van der Waals surface area (Å²) in [4.78, 5) is 30.6. The summed E-state index contributed by atoms with van der Waals surface area (Å²) < 4.78 is 44.4. The minimum absolute atomic E-state index is 0.00727. The third kappa shape index (κ3) is 7.50. The van der Waals surface area contributed by atoms with Crippen molar-refractivity contribution in [3.63, 3.8) is 0 Å². The van der Waals surface area contributed by atoms with Crippen molar-refractivity contribution >= 4 is 17.8 Å². The van der Waals surface area contributed by atoms with Crippen LogP contribution in [-0.2, 0) is 25.6 Å². The molecule has 1 amide bonds. The number of ether oxygens (including phenoxy) is 3. The van der Waals surface area contributed by atoms with Gasteiger partial charge >= 0.3 is 5.97 Å². The number of nitrogens with one attached hydrogen (secondary N) is 1. The molecule has 206 valence electrons. The topological polar surface area (TPSA) is 106 Å². The van der Waals surface area contributed by atoms with Crippen LogP contribution >= 0.6 is 0 Å². The van der Waals surface area contributed by atoms with Gasteiger partial charge in [0.25, 0.3) is 5.91 Å². The number of amides is 1. The van der Waals surface area contributed by atoms with Crippen LogP contribution in [-0.4, -0.2) is 53.3 Å². The van der Waals surface area contributed by atoms with E-state index in [1.54, 1.807) is 52.0 Å². The lowest BCUT2D eigenvalue weighted by Crippen LogP contribution is -2.51. The molecule has 0 unspecified atom stereocenters. The number of esters is 1. The van der Waals surface area contributed by atoms with Gasteiger partial charge in [-0.2, -0.15) is 0 Å². The molecule has 2 aromatic rings. The molecule has 1 aliphatic heterocycles. The molecular formula is C28H34F2N2O6. The van der Waals surface area contributed by atoms with Gasteiger partial charge in [0.1, 0.15) is 29.1 Å². The van der Waals surface area contributed by atoms with Crippen LogP contribution in [0.1, 0.15) is 58.1 Å². The highest BCUT2D eigenvalue weighted by Gasteiger charge is 2.50. The Balaban J connectivity index is 1.84. The van der Waals surface area contributed by atoms with Gasteiger partial charge in [0.05, 0.1) is 6.61 Å². The second-order valence-electron chi connectivity index (χ2n) is 10.1. The number of hydrogen-bond donors (Lipinski definition) is 2. The first kappa shape index (κ1) is 29.0. The molecule has 0 bridgehead atoms. The van der Waals surface area contributed by atoms with Crippen molar-refractivity contribution in [2.45, 2.75) is 70.7 Å². The van der Waals surface area contributed by atoms with Gasteiger partial charge in [-0.25, -0.2) is 13.8 Å². The lowest BCUT2D eigenvalue weighted by atomic mass is 9.87. The third-order valence-corrected chi connectivity index (χ3v) is 5.91. The summed E-state index contributed by atoms with van der Waals surface area (Å²) in [5, 5.41) is 11.6. The molecule has 2 aromatic carbocycles. The number of rotatable bonds is 11. The molecule has 38 heavy (non-hydrogen) atoms. The molecule has 8 nitrogen and oxygen atoms in total. The lowest BCUT2D eigenvalue weighted by Gasteiger charge is -2.28. The highest BCUT2D eigenvalue weighted by Crippen LogP contribution is 2.34. The number of halogens is 2. The van der Waals surface area contributed by atoms with Gasteiger partial charge in [-0.15, -0.1) is 0 Å². The Hall–Kier alpha value is -3.53. The molecule has 2 N–H and O–H groups in total. The molecule has 0 saturated heterocycles. The van der Waals surface area contributed by atoms with Gasteiger partial charge in [-0.05, 0) is 64.4 Å². The van der Waals surface area contributed by atoms with Crippen LogP contribution in [0.2, 0.25) is 0 Å². The van der Waals surface area contributed by atoms with Crippen LogP contribution in [0.4, 0.5) is 8.78 Å². The van der Waals surface area contributed by atoms with E-state index < -0.39 is 40.8 Å². The quantitative estimate of drug-likeness (QED) is 0.334. The Bertz CT molecular complexity index is 1160. The number of hydrogen-bond acceptors (Lipinski definition) is 7. The normalized spacial score (nSPS) is 18.9. The van der Waals surface area contributed by atoms with Gasteiger partial charge in [-0.1, -0.05) is 6.07 Å². The smallest absolute Gasteiger partial charge is 0.306 e. The second kappa shape index (κ2) is 12.3. The fourth-order valence-corrected chi connectivity index (χ4v) is 3.93. The molecule has 1 aliphatic rings. The summed E-state index contributed by atoms with van der Waals surface area (Å²) in [6, 6.07) is 10.0. The molecule has 2 atom stereocenters. The van der Waals surface area contributed by atoms with E-state index in [-0.39, 0.29) is 37.5 Å². The van der Waals surface area contributed by atoms with Crippen molar-refractivity contribution in [3.8, 4) is 5.75 Å². The number of aliphatic imine (C=N–C) groups is 1. The second-order valence-corrected chi connectivity index (χ2v) is 10.1. The number of benzene rings is 2. The Morgan fingerprint density at radius 2 is 1.87 bits per heavy atom. The number of carbonyl (C=O) groups excluding carboxylic acids is 2. The summed E-state index contributed by atoms with van der Waals surface area (Å²) in [5.74, 6) is -1.74. The zero-order chi connectivity index (χ0) is 27.9. The summed E-state index contributed by atoms with van der Waals surface area (Å²) in [6.45, 7) is 7.12. The summed E-state index contributed by atoms with van der Waals surface area (Å²) in [5.41, 5.74) is -1.48. The van der Waals surface area contributed by atoms with Gasteiger partial charge < -0.3 is 24.6 Å². The Labute approximate surface area is 221 Å². The summed E-state index contributed by atoms with van der Waals surface area (Å²) in [6.07, 6.45) is -0.352. The van der Waals surface area contributed by atoms with E-state index in [1.807, 2.05) is 0 Å². The van der Waals surface area contributed by atoms with Crippen LogP contribution in [0.5, 0.6) is 5.75 Å². The fraction of sp³-hybridized carbons (Fsp3) is 0.464. The maximum atomic E-state index is 14.1. The number of carbonyl (C=O) groups is 2. The van der Waals surface area contributed by atoms with E-state index in [1.165, 1.54) is 6.07 Å². The van der Waals surface area contributed by atoms with Gasteiger partial charge in [-0.3, -0.25) is 9.59 Å². The van der Waals surface area contributed by atoms with E-state index >= 15 is 0 Å². The molecule has 0 spiro atoms. The predicted molar refractivity (Wildman–Crippen MR) is 137 cm³/mol. The number of aliphatic hydroxyl groups excluding tert-OH is 1. The lowest BCUT2D eigenvalue weighted by molar-refractivity contribution is -0.155. The predicted octanol–water partition coefficient (Wildman–Crippen LogP) is 4.07. The average Bonchev–Trinajstić information content (AvgIpc) is 3.19. The minimum atomic E-state index is -1.49. The van der Waals surface area contributed by atoms with Crippen LogP contribution in [0.25, 0.3) is 0 Å². The fourth-order valence-electron chi connectivity index (χ4n) is 3.93. The van der Waals surface area contributed by atoms with Crippen molar-refractivity contribution in [1.82, 2.24) is 5.32 Å². The average molecular weight is 533 g/mol. The molecule has 0 radical (unpaired) electrons. The first-order valence-corrected chi connectivity index (χ1v) is 12.5. The third-order valence-electron chi connectivity index (χ3n) is 5.91. The van der Waals surface area contributed by atoms with Gasteiger partial charge in [0, 0.05) is 43.2 Å². The first-order valence-electron chi connectivity index (χ1n) is 12.5. The largest absolute Gasteiger partial charge is 0.494 e. The maximum absolute atomic E-state index is 14.1. The summed E-state index contributed by atoms with van der Waals surface area (Å²) >= 11 is 0. The van der Waals surface area contributed by atoms with Crippen LogP contribution < -0.4 is 10.1 Å². The SMILES string of the molecule is C[C@H]1OC(c2ccc(OCCCO)cc2)=N[C@@]1(CCC(=O)OC(C)(C)C)C(=O)NCc1ccc(F)cc1F. The molecule has 0 fully saturated rings. The van der Waals surface area contributed by atoms with Crippen molar-refractivity contribution in [2.24, 2.45) is 4.99 Å². The Morgan fingerprint density at radius 3 is 2.50 bits per heavy atom. The van der Waals surface area contributed by atoms with Crippen LogP contribution in [0.3, 0.4) is 0 Å². The molecule has 0 aromatic heterocycles. The van der Waals surface area contributed by atoms with Gasteiger partial charge in [0.2, 0.25) is 5.90 Å². The molecule has 1 heterocycles. The van der Waals surface area contributed by atoms with Crippen molar-refractivity contribution in [2.75, 3.05) is 13.2 Å². The van der Waals surface area contributed by atoms with Gasteiger partial charge in [0.15, 0.2) is 5.54 Å². The highest BCUT2D eigenvalue weighted by molar-refractivity contribution is 6.00. The molecule has 0 saturated carbocycles. The number of nitrogens with zero attached hydrogens (tertiary/aromatic N) is 1. The Kier molecular flexibility index (Phi) is 9.43. The minimum Gasteiger partial charge on any atom is -0.494 e. The Morgan fingerprint density at radius 1 is 1.16 bits per heavy atom. The monoisotopic (exact) mass is 532 g/mol. The van der Waals surface area contributed by atoms with E-state index in [9.17, 15) is 18.4 Å². The standard InChI is InChI=1S/C28H34F2N2O6/c1-18-28(13-12-24(34)38-27(2,3)4,26(35)31-17-20-6-9-21(29)16-23(20)30)32-25(37-18)19-7-10-22(11-8-19)36-15-5-14-33/h6-11,16,18,33H,5,12-15,17H2,1-4H3,(H,31,35)/t18-,28-/m1/s1. The summed E-state index contributed by atoms with van der Waals surface area (Å²) in [7, 11) is 0. The highest BCUT2D eigenvalue weighted by atomic mass is 19.1. The van der Waals surface area contributed by atoms with Crippen molar-refractivity contribution in [3.05, 3.63) is 65.2 Å². The first-order chi connectivity index (χ1) is 17.9. The molecule has 3 rings (SSSR count). The van der Waals surface area contributed by atoms with E-state index in [4.69, 9.17) is 19.3 Å².